The maximum atomic E-state index is 14.5. The minimum absolute atomic E-state index is 0.103. The molecule has 1 N–H and O–H groups in total. The predicted molar refractivity (Wildman–Crippen MR) is 125 cm³/mol. The number of hydrogen-bond acceptors (Lipinski definition) is 7. The Kier molecular flexibility index (Phi) is 6.32. The van der Waals surface area contributed by atoms with Crippen molar-refractivity contribution in [3.05, 3.63) is 58.9 Å². The van der Waals surface area contributed by atoms with Gasteiger partial charge < -0.3 is 14.5 Å². The summed E-state index contributed by atoms with van der Waals surface area (Å²) in [5.41, 5.74) is 0.591. The number of rotatable bonds is 7. The molecule has 5 atom stereocenters. The van der Waals surface area contributed by atoms with Crippen LogP contribution < -0.4 is 5.32 Å². The Hall–Kier alpha value is -3.27. The molecule has 1 aromatic carbocycles. The highest BCUT2D eigenvalue weighted by Crippen LogP contribution is 2.58. The fourth-order valence-electron chi connectivity index (χ4n) is 5.59. The SMILES string of the molecule is CC[C@@H](O[C@@]1(C)CC2C(C)C[C@@H]2c2cc(-c3c(F)cccc3F)nnc21)C(=O)NCc1nnc(C)o1. The molecule has 36 heavy (non-hydrogen) atoms. The van der Waals surface area contributed by atoms with E-state index in [0.29, 0.717) is 42.2 Å². The lowest BCUT2D eigenvalue weighted by Gasteiger charge is -2.52. The quantitative estimate of drug-likeness (QED) is 0.510. The van der Waals surface area contributed by atoms with Crippen LogP contribution >= 0.6 is 0 Å². The highest BCUT2D eigenvalue weighted by molar-refractivity contribution is 5.80. The molecule has 0 radical (unpaired) electrons. The first-order valence-corrected chi connectivity index (χ1v) is 12.3. The van der Waals surface area contributed by atoms with Gasteiger partial charge in [-0.3, -0.25) is 4.79 Å². The van der Waals surface area contributed by atoms with E-state index in [1.165, 1.54) is 18.2 Å². The third-order valence-electron chi connectivity index (χ3n) is 7.49. The van der Waals surface area contributed by atoms with Crippen LogP contribution in [-0.2, 0) is 21.7 Å². The Bertz CT molecular complexity index is 1280. The van der Waals surface area contributed by atoms with Gasteiger partial charge in [-0.2, -0.15) is 5.10 Å². The van der Waals surface area contributed by atoms with E-state index in [2.05, 4.69) is 32.6 Å². The van der Waals surface area contributed by atoms with Crippen molar-refractivity contribution in [3.63, 3.8) is 0 Å². The molecule has 2 aliphatic carbocycles. The summed E-state index contributed by atoms with van der Waals surface area (Å²) in [6.45, 7) is 7.77. The molecule has 2 aliphatic rings. The number of halogens is 2. The number of nitrogens with one attached hydrogen (secondary N) is 1. The molecular weight excluding hydrogens is 468 g/mol. The van der Waals surface area contributed by atoms with Crippen molar-refractivity contribution in [1.29, 1.82) is 0 Å². The number of hydrogen-bond donors (Lipinski definition) is 1. The van der Waals surface area contributed by atoms with Gasteiger partial charge in [-0.1, -0.05) is 19.9 Å². The number of fused-ring (bicyclic) bond motifs is 3. The van der Waals surface area contributed by atoms with Crippen LogP contribution in [0.1, 0.15) is 69.0 Å². The van der Waals surface area contributed by atoms with Gasteiger partial charge in [0.1, 0.15) is 23.3 Å². The number of ether oxygens (including phenoxy) is 1. The van der Waals surface area contributed by atoms with E-state index in [1.807, 2.05) is 13.8 Å². The van der Waals surface area contributed by atoms with Crippen LogP contribution in [-0.4, -0.2) is 32.4 Å². The van der Waals surface area contributed by atoms with Crippen LogP contribution in [0.15, 0.2) is 28.7 Å². The van der Waals surface area contributed by atoms with Crippen LogP contribution in [0.5, 0.6) is 0 Å². The first-order valence-electron chi connectivity index (χ1n) is 12.3. The molecule has 2 heterocycles. The zero-order chi connectivity index (χ0) is 25.6. The van der Waals surface area contributed by atoms with Crippen molar-refractivity contribution in [1.82, 2.24) is 25.7 Å². The first kappa shape index (κ1) is 24.4. The standard InChI is InChI=1S/C26H29F2N5O3/c1-5-21(25(34)29-12-22-32-30-14(3)35-22)36-26(4)11-17-13(2)9-15(17)16-10-20(31-33-24(16)26)23-18(27)7-6-8-19(23)28/h6-8,10,13,15,17,21H,5,9,11-12H2,1-4H3,(H,29,34)/t13?,15-,17?,21-,26+/m1/s1. The average molecular weight is 498 g/mol. The molecule has 1 amide bonds. The van der Waals surface area contributed by atoms with Crippen molar-refractivity contribution in [2.24, 2.45) is 11.8 Å². The van der Waals surface area contributed by atoms with Gasteiger partial charge >= 0.3 is 0 Å². The fraction of sp³-hybridized carbons (Fsp3) is 0.500. The van der Waals surface area contributed by atoms with Gasteiger partial charge in [0.2, 0.25) is 17.7 Å². The van der Waals surface area contributed by atoms with Crippen LogP contribution in [0.3, 0.4) is 0 Å². The lowest BCUT2D eigenvalue weighted by molar-refractivity contribution is -0.158. The van der Waals surface area contributed by atoms with Crippen molar-refractivity contribution >= 4 is 5.91 Å². The smallest absolute Gasteiger partial charge is 0.249 e. The average Bonchev–Trinajstić information content (AvgIpc) is 3.27. The largest absolute Gasteiger partial charge is 0.424 e. The second kappa shape index (κ2) is 9.31. The van der Waals surface area contributed by atoms with Crippen molar-refractivity contribution in [2.45, 2.75) is 71.1 Å². The van der Waals surface area contributed by atoms with Crippen molar-refractivity contribution < 1.29 is 22.7 Å². The van der Waals surface area contributed by atoms with Gasteiger partial charge in [0.25, 0.3) is 0 Å². The van der Waals surface area contributed by atoms with Crippen LogP contribution in [0.2, 0.25) is 0 Å². The Labute approximate surface area is 207 Å². The molecule has 0 saturated heterocycles. The van der Waals surface area contributed by atoms with Crippen LogP contribution in [0.25, 0.3) is 11.3 Å². The molecule has 0 spiro atoms. The molecular formula is C26H29F2N5O3. The number of amides is 1. The molecule has 10 heteroatoms. The lowest BCUT2D eigenvalue weighted by atomic mass is 9.55. The topological polar surface area (TPSA) is 103 Å². The molecule has 2 unspecified atom stereocenters. The fourth-order valence-corrected chi connectivity index (χ4v) is 5.59. The number of carbonyl (C=O) groups excluding carboxylic acids is 1. The van der Waals surface area contributed by atoms with E-state index in [9.17, 15) is 13.6 Å². The van der Waals surface area contributed by atoms with Gasteiger partial charge in [0.15, 0.2) is 0 Å². The normalized spacial score (nSPS) is 25.4. The van der Waals surface area contributed by atoms with E-state index < -0.39 is 23.3 Å². The summed E-state index contributed by atoms with van der Waals surface area (Å²) in [7, 11) is 0. The van der Waals surface area contributed by atoms with E-state index in [4.69, 9.17) is 9.15 Å². The zero-order valence-corrected chi connectivity index (χ0v) is 20.7. The Balaban J connectivity index is 1.44. The predicted octanol–water partition coefficient (Wildman–Crippen LogP) is 4.58. The zero-order valence-electron chi connectivity index (χ0n) is 20.7. The summed E-state index contributed by atoms with van der Waals surface area (Å²) >= 11 is 0. The van der Waals surface area contributed by atoms with E-state index in [1.54, 1.807) is 13.0 Å². The summed E-state index contributed by atoms with van der Waals surface area (Å²) < 4.78 is 40.8. The van der Waals surface area contributed by atoms with Crippen LogP contribution in [0.4, 0.5) is 8.78 Å². The number of carbonyl (C=O) groups is 1. The summed E-state index contributed by atoms with van der Waals surface area (Å²) in [5, 5.41) is 19.1. The van der Waals surface area contributed by atoms with Crippen LogP contribution in [0, 0.1) is 30.4 Å². The number of benzene rings is 1. The van der Waals surface area contributed by atoms with Gasteiger partial charge in [0.05, 0.1) is 23.5 Å². The van der Waals surface area contributed by atoms with Gasteiger partial charge in [0, 0.05) is 6.92 Å². The van der Waals surface area contributed by atoms with Crippen molar-refractivity contribution in [2.75, 3.05) is 0 Å². The van der Waals surface area contributed by atoms with E-state index in [-0.39, 0.29) is 29.6 Å². The summed E-state index contributed by atoms with van der Waals surface area (Å²) in [5.74, 6) is 0.0625. The molecule has 8 nitrogen and oxygen atoms in total. The number of nitrogens with zero attached hydrogens (tertiary/aromatic N) is 4. The van der Waals surface area contributed by atoms with Crippen molar-refractivity contribution in [3.8, 4) is 11.3 Å². The number of aromatic nitrogens is 4. The Morgan fingerprint density at radius 3 is 2.64 bits per heavy atom. The lowest BCUT2D eigenvalue weighted by Crippen LogP contribution is -2.49. The molecule has 3 aromatic rings. The third-order valence-corrected chi connectivity index (χ3v) is 7.49. The van der Waals surface area contributed by atoms with Gasteiger partial charge in [-0.25, -0.2) is 8.78 Å². The maximum Gasteiger partial charge on any atom is 0.249 e. The first-order chi connectivity index (χ1) is 17.2. The molecule has 0 bridgehead atoms. The molecule has 5 rings (SSSR count). The molecule has 190 valence electrons. The number of aryl methyl sites for hydroxylation is 1. The van der Waals surface area contributed by atoms with Gasteiger partial charge in [-0.05, 0) is 67.7 Å². The van der Waals surface area contributed by atoms with Gasteiger partial charge in [-0.15, -0.1) is 15.3 Å². The second-order valence-corrected chi connectivity index (χ2v) is 10.00. The molecule has 1 fully saturated rings. The monoisotopic (exact) mass is 497 g/mol. The highest BCUT2D eigenvalue weighted by Gasteiger charge is 2.52. The Morgan fingerprint density at radius 2 is 2.00 bits per heavy atom. The highest BCUT2D eigenvalue weighted by atomic mass is 19.1. The van der Waals surface area contributed by atoms with E-state index >= 15 is 0 Å². The summed E-state index contributed by atoms with van der Waals surface area (Å²) in [6.07, 6.45) is 1.33. The third kappa shape index (κ3) is 4.27. The minimum atomic E-state index is -0.885. The van der Waals surface area contributed by atoms with E-state index in [0.717, 1.165) is 12.0 Å². The summed E-state index contributed by atoms with van der Waals surface area (Å²) in [4.78, 5) is 13.0. The maximum absolute atomic E-state index is 14.5. The summed E-state index contributed by atoms with van der Waals surface area (Å²) in [6, 6.07) is 5.49. The second-order valence-electron chi connectivity index (χ2n) is 10.00. The minimum Gasteiger partial charge on any atom is -0.424 e. The Morgan fingerprint density at radius 1 is 1.25 bits per heavy atom. The molecule has 0 aliphatic heterocycles. The molecule has 2 aromatic heterocycles. The molecule has 1 saturated carbocycles.